The highest BCUT2D eigenvalue weighted by Gasteiger charge is 2.44. The largest absolute Gasteiger partial charge is 0.360 e. The fourth-order valence-electron chi connectivity index (χ4n) is 3.85. The zero-order valence-corrected chi connectivity index (χ0v) is 14.6. The van der Waals surface area contributed by atoms with Gasteiger partial charge in [0.25, 0.3) is 5.91 Å². The van der Waals surface area contributed by atoms with E-state index in [2.05, 4.69) is 4.90 Å². The summed E-state index contributed by atoms with van der Waals surface area (Å²) in [5.41, 5.74) is 0.860. The second-order valence-electron chi connectivity index (χ2n) is 7.02. The highest BCUT2D eigenvalue weighted by Crippen LogP contribution is 2.32. The Labute approximate surface area is 143 Å². The van der Waals surface area contributed by atoms with Crippen molar-refractivity contribution in [2.45, 2.75) is 44.8 Å². The van der Waals surface area contributed by atoms with Crippen LogP contribution in [-0.4, -0.2) is 60.1 Å². The van der Waals surface area contributed by atoms with Gasteiger partial charge in [0, 0.05) is 32.7 Å². The van der Waals surface area contributed by atoms with E-state index in [1.54, 1.807) is 12.1 Å². The third-order valence-corrected chi connectivity index (χ3v) is 5.32. The van der Waals surface area contributed by atoms with Gasteiger partial charge in [-0.15, -0.1) is 0 Å². The molecular weight excluding hydrogens is 307 g/mol. The van der Waals surface area contributed by atoms with Gasteiger partial charge in [0.15, 0.2) is 0 Å². The second kappa shape index (κ2) is 7.19. The van der Waals surface area contributed by atoms with Gasteiger partial charge < -0.3 is 14.5 Å². The predicted octanol–water partition coefficient (Wildman–Crippen LogP) is 2.47. The van der Waals surface area contributed by atoms with E-state index in [0.29, 0.717) is 6.54 Å². The molecule has 1 aromatic carbocycles. The summed E-state index contributed by atoms with van der Waals surface area (Å²) >= 11 is 0. The number of halogens is 1. The maximum absolute atomic E-state index is 13.2. The van der Waals surface area contributed by atoms with E-state index in [1.165, 1.54) is 6.07 Å². The minimum Gasteiger partial charge on any atom is -0.360 e. The lowest BCUT2D eigenvalue weighted by atomic mass is 9.88. The zero-order chi connectivity index (χ0) is 17.2. The SMILES string of the molecule is CCN1CC2(CCN(CCc3cccc(F)c3)CC2)OC(C)C1=O. The second-order valence-corrected chi connectivity index (χ2v) is 7.02. The predicted molar refractivity (Wildman–Crippen MR) is 91.3 cm³/mol. The number of carbonyl (C=O) groups excluding carboxylic acids is 1. The van der Waals surface area contributed by atoms with Crippen LogP contribution in [0, 0.1) is 5.82 Å². The number of likely N-dealkylation sites (N-methyl/N-ethyl adjacent to an activating group) is 1. The van der Waals surface area contributed by atoms with E-state index < -0.39 is 0 Å². The molecule has 2 saturated heterocycles. The average molecular weight is 334 g/mol. The summed E-state index contributed by atoms with van der Waals surface area (Å²) in [5, 5.41) is 0. The first-order chi connectivity index (χ1) is 11.5. The van der Waals surface area contributed by atoms with Crippen LogP contribution < -0.4 is 0 Å². The van der Waals surface area contributed by atoms with E-state index in [1.807, 2.05) is 24.8 Å². The zero-order valence-electron chi connectivity index (χ0n) is 14.6. The van der Waals surface area contributed by atoms with E-state index >= 15 is 0 Å². The number of piperidine rings is 1. The monoisotopic (exact) mass is 334 g/mol. The summed E-state index contributed by atoms with van der Waals surface area (Å²) < 4.78 is 19.4. The first kappa shape index (κ1) is 17.4. The summed E-state index contributed by atoms with van der Waals surface area (Å²) in [6.07, 6.45) is 2.42. The molecule has 132 valence electrons. The molecule has 2 heterocycles. The Kier molecular flexibility index (Phi) is 5.21. The van der Waals surface area contributed by atoms with Crippen molar-refractivity contribution in [1.29, 1.82) is 0 Å². The normalized spacial score (nSPS) is 24.5. The number of rotatable bonds is 4. The average Bonchev–Trinajstić information content (AvgIpc) is 2.58. The highest BCUT2D eigenvalue weighted by molar-refractivity contribution is 5.81. The third kappa shape index (κ3) is 3.78. The van der Waals surface area contributed by atoms with Crippen LogP contribution in [-0.2, 0) is 16.0 Å². The molecule has 1 amide bonds. The van der Waals surface area contributed by atoms with Crippen molar-refractivity contribution in [2.75, 3.05) is 32.7 Å². The first-order valence-electron chi connectivity index (χ1n) is 8.95. The molecule has 1 atom stereocenters. The Balaban J connectivity index is 1.53. The molecule has 2 aliphatic rings. The smallest absolute Gasteiger partial charge is 0.251 e. The maximum atomic E-state index is 13.2. The van der Waals surface area contributed by atoms with Crippen LogP contribution in [0.2, 0.25) is 0 Å². The Morgan fingerprint density at radius 3 is 2.75 bits per heavy atom. The summed E-state index contributed by atoms with van der Waals surface area (Å²) in [6, 6.07) is 6.84. The Morgan fingerprint density at radius 1 is 1.33 bits per heavy atom. The van der Waals surface area contributed by atoms with Crippen LogP contribution in [0.15, 0.2) is 24.3 Å². The van der Waals surface area contributed by atoms with Crippen molar-refractivity contribution >= 4 is 5.91 Å². The Bertz CT molecular complexity index is 584. The quantitative estimate of drug-likeness (QED) is 0.848. The highest BCUT2D eigenvalue weighted by atomic mass is 19.1. The number of carbonyl (C=O) groups is 1. The van der Waals surface area contributed by atoms with E-state index in [0.717, 1.165) is 51.0 Å². The summed E-state index contributed by atoms with van der Waals surface area (Å²) in [4.78, 5) is 16.4. The fraction of sp³-hybridized carbons (Fsp3) is 0.632. The number of likely N-dealkylation sites (tertiary alicyclic amines) is 1. The molecule has 0 bridgehead atoms. The fourth-order valence-corrected chi connectivity index (χ4v) is 3.85. The number of benzene rings is 1. The summed E-state index contributed by atoms with van der Waals surface area (Å²) in [7, 11) is 0. The van der Waals surface area contributed by atoms with Gasteiger partial charge in [-0.2, -0.15) is 0 Å². The molecule has 5 heteroatoms. The van der Waals surface area contributed by atoms with Gasteiger partial charge >= 0.3 is 0 Å². The molecule has 0 aromatic heterocycles. The number of hydrogen-bond donors (Lipinski definition) is 0. The van der Waals surface area contributed by atoms with Crippen LogP contribution in [0.1, 0.15) is 32.3 Å². The molecular formula is C19H27FN2O2. The van der Waals surface area contributed by atoms with Crippen LogP contribution in [0.5, 0.6) is 0 Å². The molecule has 1 spiro atoms. The van der Waals surface area contributed by atoms with Crippen LogP contribution in [0.25, 0.3) is 0 Å². The number of nitrogens with zero attached hydrogens (tertiary/aromatic N) is 2. The van der Waals surface area contributed by atoms with Crippen molar-refractivity contribution in [1.82, 2.24) is 9.80 Å². The van der Waals surface area contributed by atoms with Crippen molar-refractivity contribution < 1.29 is 13.9 Å². The van der Waals surface area contributed by atoms with Gasteiger partial charge in [0.1, 0.15) is 11.9 Å². The van der Waals surface area contributed by atoms with Gasteiger partial charge in [-0.1, -0.05) is 12.1 Å². The van der Waals surface area contributed by atoms with E-state index in [9.17, 15) is 9.18 Å². The molecule has 0 radical (unpaired) electrons. The van der Waals surface area contributed by atoms with Gasteiger partial charge in [0.05, 0.1) is 5.60 Å². The molecule has 2 fully saturated rings. The summed E-state index contributed by atoms with van der Waals surface area (Å²) in [6.45, 7) is 8.22. The molecule has 0 saturated carbocycles. The molecule has 1 aromatic rings. The van der Waals surface area contributed by atoms with Gasteiger partial charge in [-0.05, 0) is 50.8 Å². The molecule has 0 N–H and O–H groups in total. The van der Waals surface area contributed by atoms with Crippen molar-refractivity contribution in [2.24, 2.45) is 0 Å². The molecule has 3 rings (SSSR count). The van der Waals surface area contributed by atoms with Crippen molar-refractivity contribution in [3.8, 4) is 0 Å². The third-order valence-electron chi connectivity index (χ3n) is 5.32. The number of hydrogen-bond acceptors (Lipinski definition) is 3. The van der Waals surface area contributed by atoms with Crippen molar-refractivity contribution in [3.05, 3.63) is 35.6 Å². The van der Waals surface area contributed by atoms with Gasteiger partial charge in [0.2, 0.25) is 0 Å². The van der Waals surface area contributed by atoms with Gasteiger partial charge in [-0.3, -0.25) is 4.79 Å². The standard InChI is InChI=1S/C19H27FN2O2/c1-3-22-14-19(24-15(2)18(22)23)8-11-21(12-9-19)10-7-16-5-4-6-17(20)13-16/h4-6,13,15H,3,7-12,14H2,1-2H3. The first-order valence-corrected chi connectivity index (χ1v) is 8.95. The molecule has 0 aliphatic carbocycles. The van der Waals surface area contributed by atoms with Crippen LogP contribution in [0.3, 0.4) is 0 Å². The topological polar surface area (TPSA) is 32.8 Å². The van der Waals surface area contributed by atoms with Crippen molar-refractivity contribution in [3.63, 3.8) is 0 Å². The molecule has 24 heavy (non-hydrogen) atoms. The van der Waals surface area contributed by atoms with Crippen LogP contribution >= 0.6 is 0 Å². The number of ether oxygens (including phenoxy) is 1. The maximum Gasteiger partial charge on any atom is 0.251 e. The van der Waals surface area contributed by atoms with E-state index in [4.69, 9.17) is 4.74 Å². The lowest BCUT2D eigenvalue weighted by Crippen LogP contribution is -2.61. The van der Waals surface area contributed by atoms with E-state index in [-0.39, 0.29) is 23.4 Å². The molecule has 4 nitrogen and oxygen atoms in total. The Morgan fingerprint density at radius 2 is 2.08 bits per heavy atom. The molecule has 1 unspecified atom stereocenters. The Hall–Kier alpha value is -1.46. The number of morpholine rings is 1. The minimum atomic E-state index is -0.336. The number of amides is 1. The lowest BCUT2D eigenvalue weighted by molar-refractivity contribution is -0.189. The molecule has 2 aliphatic heterocycles. The minimum absolute atomic E-state index is 0.108. The summed E-state index contributed by atoms with van der Waals surface area (Å²) in [5.74, 6) is -0.0596. The lowest BCUT2D eigenvalue weighted by Gasteiger charge is -2.49. The van der Waals surface area contributed by atoms with Gasteiger partial charge in [-0.25, -0.2) is 4.39 Å². The van der Waals surface area contributed by atoms with Crippen LogP contribution in [0.4, 0.5) is 4.39 Å².